The zero-order valence-corrected chi connectivity index (χ0v) is 17.2. The summed E-state index contributed by atoms with van der Waals surface area (Å²) in [5.41, 5.74) is 3.48. The van der Waals surface area contributed by atoms with Crippen molar-refractivity contribution in [1.82, 2.24) is 10.3 Å². The number of pyridine rings is 1. The highest BCUT2D eigenvalue weighted by Crippen LogP contribution is 2.20. The van der Waals surface area contributed by atoms with Gasteiger partial charge in [-0.2, -0.15) is 0 Å². The largest absolute Gasteiger partial charge is 0.356 e. The fourth-order valence-electron chi connectivity index (χ4n) is 2.82. The number of carbonyl (C=O) groups is 2. The van der Waals surface area contributed by atoms with Gasteiger partial charge in [0.15, 0.2) is 0 Å². The van der Waals surface area contributed by atoms with Gasteiger partial charge in [0, 0.05) is 41.6 Å². The van der Waals surface area contributed by atoms with E-state index in [1.54, 1.807) is 24.4 Å². The maximum Gasteiger partial charge on any atom is 0.257 e. The molecule has 2 amide bonds. The van der Waals surface area contributed by atoms with Crippen molar-refractivity contribution in [1.29, 1.82) is 0 Å². The van der Waals surface area contributed by atoms with Gasteiger partial charge in [0.2, 0.25) is 0 Å². The first kappa shape index (κ1) is 21.0. The third kappa shape index (κ3) is 6.17. The van der Waals surface area contributed by atoms with Crippen molar-refractivity contribution in [2.75, 3.05) is 17.2 Å². The van der Waals surface area contributed by atoms with Crippen LogP contribution in [0, 0.1) is 5.92 Å². The molecule has 0 atom stereocenters. The van der Waals surface area contributed by atoms with E-state index >= 15 is 0 Å². The fourth-order valence-corrected chi connectivity index (χ4v) is 2.82. The maximum atomic E-state index is 12.3. The second-order valence-corrected chi connectivity index (χ2v) is 7.42. The van der Waals surface area contributed by atoms with Crippen LogP contribution in [0.5, 0.6) is 0 Å². The average Bonchev–Trinajstić information content (AvgIpc) is 2.75. The summed E-state index contributed by atoms with van der Waals surface area (Å²) in [6, 6.07) is 18.2. The van der Waals surface area contributed by atoms with Gasteiger partial charge in [0.05, 0.1) is 5.56 Å². The average molecular weight is 402 g/mol. The molecule has 154 valence electrons. The number of aromatic nitrogens is 1. The van der Waals surface area contributed by atoms with Crippen LogP contribution in [0.3, 0.4) is 0 Å². The van der Waals surface area contributed by atoms with Crippen molar-refractivity contribution in [3.05, 3.63) is 84.2 Å². The smallest absolute Gasteiger partial charge is 0.257 e. The van der Waals surface area contributed by atoms with Crippen molar-refractivity contribution < 1.29 is 9.59 Å². The van der Waals surface area contributed by atoms with E-state index in [0.29, 0.717) is 29.3 Å². The number of hydrogen-bond acceptors (Lipinski definition) is 4. The molecule has 1 heterocycles. The van der Waals surface area contributed by atoms with Gasteiger partial charge >= 0.3 is 0 Å². The molecular weight excluding hydrogens is 376 g/mol. The number of rotatable bonds is 8. The van der Waals surface area contributed by atoms with Gasteiger partial charge in [-0.05, 0) is 66.9 Å². The Labute approximate surface area is 176 Å². The summed E-state index contributed by atoms with van der Waals surface area (Å²) in [4.78, 5) is 28.5. The number of carbonyl (C=O) groups excluding carboxylic acids is 2. The highest BCUT2D eigenvalue weighted by molar-refractivity contribution is 6.04. The Hall–Kier alpha value is -3.67. The fraction of sp³-hybridized carbons (Fsp3) is 0.208. The van der Waals surface area contributed by atoms with E-state index in [1.165, 1.54) is 6.20 Å². The van der Waals surface area contributed by atoms with E-state index in [4.69, 9.17) is 0 Å². The topological polar surface area (TPSA) is 83.1 Å². The van der Waals surface area contributed by atoms with Gasteiger partial charge < -0.3 is 16.0 Å². The first-order valence-corrected chi connectivity index (χ1v) is 9.98. The van der Waals surface area contributed by atoms with Crippen LogP contribution in [0.1, 0.15) is 41.0 Å². The Morgan fingerprint density at radius 1 is 0.867 bits per heavy atom. The second-order valence-electron chi connectivity index (χ2n) is 7.42. The molecule has 3 rings (SSSR count). The van der Waals surface area contributed by atoms with Crippen molar-refractivity contribution in [2.45, 2.75) is 20.3 Å². The highest BCUT2D eigenvalue weighted by Gasteiger charge is 2.08. The van der Waals surface area contributed by atoms with Gasteiger partial charge in [0.25, 0.3) is 11.8 Å². The van der Waals surface area contributed by atoms with Crippen LogP contribution in [-0.2, 0) is 0 Å². The van der Waals surface area contributed by atoms with Crippen molar-refractivity contribution in [3.8, 4) is 0 Å². The molecule has 0 fully saturated rings. The number of anilines is 3. The first-order valence-electron chi connectivity index (χ1n) is 9.98. The molecule has 0 aliphatic carbocycles. The van der Waals surface area contributed by atoms with E-state index in [-0.39, 0.29) is 11.8 Å². The van der Waals surface area contributed by atoms with E-state index in [9.17, 15) is 9.59 Å². The Morgan fingerprint density at radius 3 is 2.30 bits per heavy atom. The van der Waals surface area contributed by atoms with Gasteiger partial charge in [-0.15, -0.1) is 0 Å². The van der Waals surface area contributed by atoms with Crippen LogP contribution in [-0.4, -0.2) is 23.3 Å². The summed E-state index contributed by atoms with van der Waals surface area (Å²) in [6.45, 7) is 4.93. The van der Waals surface area contributed by atoms with Crippen molar-refractivity contribution in [3.63, 3.8) is 0 Å². The lowest BCUT2D eigenvalue weighted by Crippen LogP contribution is -2.25. The Bertz CT molecular complexity index is 986. The summed E-state index contributed by atoms with van der Waals surface area (Å²) < 4.78 is 0. The minimum atomic E-state index is -0.208. The second kappa shape index (κ2) is 10.2. The third-order valence-corrected chi connectivity index (χ3v) is 4.49. The standard InChI is InChI=1S/C24H26N4O2/c1-17(2)12-14-26-23(29)18-5-3-7-22(15-18)27-20-8-10-21(11-9-20)28-24(30)19-6-4-13-25-16-19/h3-11,13,15-17,27H,12,14H2,1-2H3,(H,26,29)(H,28,30). The highest BCUT2D eigenvalue weighted by atomic mass is 16.2. The number of nitrogens with zero attached hydrogens (tertiary/aromatic N) is 1. The molecule has 0 bridgehead atoms. The predicted molar refractivity (Wildman–Crippen MR) is 120 cm³/mol. The van der Waals surface area contributed by atoms with Gasteiger partial charge in [-0.3, -0.25) is 14.6 Å². The lowest BCUT2D eigenvalue weighted by atomic mass is 10.1. The molecular formula is C24H26N4O2. The van der Waals surface area contributed by atoms with E-state index in [1.807, 2.05) is 42.5 Å². The number of hydrogen-bond donors (Lipinski definition) is 3. The molecule has 0 aliphatic rings. The minimum absolute atomic E-state index is 0.0761. The Kier molecular flexibility index (Phi) is 7.16. The third-order valence-electron chi connectivity index (χ3n) is 4.49. The zero-order chi connectivity index (χ0) is 21.3. The molecule has 0 unspecified atom stereocenters. The molecule has 1 aromatic heterocycles. The summed E-state index contributed by atoms with van der Waals surface area (Å²) in [6.07, 6.45) is 4.10. The first-order chi connectivity index (χ1) is 14.5. The van der Waals surface area contributed by atoms with E-state index < -0.39 is 0 Å². The summed E-state index contributed by atoms with van der Waals surface area (Å²) in [5, 5.41) is 9.07. The van der Waals surface area contributed by atoms with Crippen molar-refractivity contribution in [2.24, 2.45) is 5.92 Å². The van der Waals surface area contributed by atoms with Crippen LogP contribution < -0.4 is 16.0 Å². The Balaban J connectivity index is 1.59. The van der Waals surface area contributed by atoms with Gasteiger partial charge in [-0.25, -0.2) is 0 Å². The van der Waals surface area contributed by atoms with E-state index in [0.717, 1.165) is 17.8 Å². The molecule has 3 N–H and O–H groups in total. The summed E-state index contributed by atoms with van der Waals surface area (Å²) in [7, 11) is 0. The number of benzene rings is 2. The lowest BCUT2D eigenvalue weighted by Gasteiger charge is -2.11. The Morgan fingerprint density at radius 2 is 1.60 bits per heavy atom. The van der Waals surface area contributed by atoms with Crippen LogP contribution in [0.15, 0.2) is 73.1 Å². The van der Waals surface area contributed by atoms with Crippen molar-refractivity contribution >= 4 is 28.9 Å². The van der Waals surface area contributed by atoms with Crippen LogP contribution in [0.25, 0.3) is 0 Å². The molecule has 0 saturated carbocycles. The number of nitrogens with one attached hydrogen (secondary N) is 3. The molecule has 2 aromatic carbocycles. The maximum absolute atomic E-state index is 12.3. The molecule has 3 aromatic rings. The van der Waals surface area contributed by atoms with Gasteiger partial charge in [-0.1, -0.05) is 19.9 Å². The normalized spacial score (nSPS) is 10.5. The monoisotopic (exact) mass is 402 g/mol. The van der Waals surface area contributed by atoms with Gasteiger partial charge in [0.1, 0.15) is 0 Å². The van der Waals surface area contributed by atoms with Crippen LogP contribution in [0.2, 0.25) is 0 Å². The number of amides is 2. The van der Waals surface area contributed by atoms with Crippen LogP contribution >= 0.6 is 0 Å². The molecule has 0 radical (unpaired) electrons. The molecule has 6 heteroatoms. The van der Waals surface area contributed by atoms with Crippen LogP contribution in [0.4, 0.5) is 17.1 Å². The quantitative estimate of drug-likeness (QED) is 0.503. The molecule has 0 saturated heterocycles. The molecule has 0 aliphatic heterocycles. The SMILES string of the molecule is CC(C)CCNC(=O)c1cccc(Nc2ccc(NC(=O)c3cccnc3)cc2)c1. The predicted octanol–water partition coefficient (Wildman–Crippen LogP) is 4.85. The lowest BCUT2D eigenvalue weighted by molar-refractivity contribution is 0.0951. The van der Waals surface area contributed by atoms with E-state index in [2.05, 4.69) is 34.8 Å². The molecule has 30 heavy (non-hydrogen) atoms. The molecule has 0 spiro atoms. The summed E-state index contributed by atoms with van der Waals surface area (Å²) >= 11 is 0. The zero-order valence-electron chi connectivity index (χ0n) is 17.2. The summed E-state index contributed by atoms with van der Waals surface area (Å²) in [5.74, 6) is 0.267. The minimum Gasteiger partial charge on any atom is -0.356 e. The molecule has 6 nitrogen and oxygen atoms in total.